The smallest absolute Gasteiger partial charge is 0.332 e. The number of ketones is 1. The molecule has 1 saturated heterocycles. The predicted molar refractivity (Wildman–Crippen MR) is 74.1 cm³/mol. The van der Waals surface area contributed by atoms with Crippen molar-refractivity contribution in [2.75, 3.05) is 0 Å². The number of aliphatic carboxylic acids is 1. The maximum absolute atomic E-state index is 11.8. The van der Waals surface area contributed by atoms with Crippen LogP contribution in [0, 0.1) is 11.8 Å². The monoisotopic (exact) mass is 296 g/mol. The van der Waals surface area contributed by atoms with Crippen LogP contribution in [0.15, 0.2) is 24.0 Å². The molecule has 0 radical (unpaired) electrons. The first-order valence-electron chi connectivity index (χ1n) is 6.93. The Morgan fingerprint density at radius 2 is 2.05 bits per heavy atom. The van der Waals surface area contributed by atoms with Gasteiger partial charge in [-0.05, 0) is 12.3 Å². The maximum atomic E-state index is 11.8. The van der Waals surface area contributed by atoms with Crippen LogP contribution in [0.4, 0.5) is 0 Å². The third-order valence-corrected chi connectivity index (χ3v) is 3.24. The molecule has 6 nitrogen and oxygen atoms in total. The summed E-state index contributed by atoms with van der Waals surface area (Å²) in [6, 6.07) is 0. The summed E-state index contributed by atoms with van der Waals surface area (Å²) in [5.74, 6) is -4.81. The molecule has 0 amide bonds. The Labute approximate surface area is 123 Å². The normalized spacial score (nSPS) is 23.6. The van der Waals surface area contributed by atoms with Gasteiger partial charge in [0.05, 0.1) is 12.2 Å². The second-order valence-corrected chi connectivity index (χ2v) is 5.10. The first-order chi connectivity index (χ1) is 9.86. The number of carbonyl (C=O) groups is 3. The zero-order chi connectivity index (χ0) is 16.0. The summed E-state index contributed by atoms with van der Waals surface area (Å²) in [5, 5.41) is 18.5. The molecule has 21 heavy (non-hydrogen) atoms. The van der Waals surface area contributed by atoms with Gasteiger partial charge in [-0.15, -0.1) is 0 Å². The number of unbranched alkanes of at least 4 members (excludes halogenated alkanes) is 1. The van der Waals surface area contributed by atoms with Gasteiger partial charge in [0.2, 0.25) is 5.78 Å². The quantitative estimate of drug-likeness (QED) is 0.319. The fraction of sp³-hybridized carbons (Fsp3) is 0.533. The molecule has 1 rings (SSSR count). The van der Waals surface area contributed by atoms with Crippen LogP contribution in [0.5, 0.6) is 0 Å². The molecule has 0 aliphatic carbocycles. The standard InChI is InChI=1S/C15H20O6/c1-3-4-5-9(2)6-7-10(16)13-14(19)11(8-12(17)18)21-15(13)20/h6-10,13,16H,3-5H2,1-2H3,(H,17,18)/b7-6+,11-8-. The zero-order valence-corrected chi connectivity index (χ0v) is 12.1. The summed E-state index contributed by atoms with van der Waals surface area (Å²) in [5.41, 5.74) is 0. The number of esters is 1. The van der Waals surface area contributed by atoms with Crippen molar-refractivity contribution < 1.29 is 29.3 Å². The Kier molecular flexibility index (Phi) is 6.30. The Morgan fingerprint density at radius 1 is 1.38 bits per heavy atom. The first-order valence-corrected chi connectivity index (χ1v) is 6.93. The SMILES string of the molecule is CCCCC(C)/C=C/C(O)C1C(=O)O/C(=C\C(=O)O)C1=O. The molecule has 3 unspecified atom stereocenters. The number of hydrogen-bond acceptors (Lipinski definition) is 5. The number of carboxylic acid groups (broad SMARTS) is 1. The van der Waals surface area contributed by atoms with Gasteiger partial charge in [0.1, 0.15) is 0 Å². The van der Waals surface area contributed by atoms with Crippen LogP contribution in [0.2, 0.25) is 0 Å². The van der Waals surface area contributed by atoms with Crippen molar-refractivity contribution in [3.05, 3.63) is 24.0 Å². The van der Waals surface area contributed by atoms with E-state index >= 15 is 0 Å². The molecule has 1 aliphatic heterocycles. The molecule has 0 bridgehead atoms. The molecule has 0 spiro atoms. The third-order valence-electron chi connectivity index (χ3n) is 3.24. The van der Waals surface area contributed by atoms with E-state index in [2.05, 4.69) is 11.7 Å². The molecule has 1 heterocycles. The summed E-state index contributed by atoms with van der Waals surface area (Å²) in [6.45, 7) is 4.05. The van der Waals surface area contributed by atoms with Gasteiger partial charge >= 0.3 is 11.9 Å². The minimum Gasteiger partial charge on any atom is -0.478 e. The van der Waals surface area contributed by atoms with Crippen molar-refractivity contribution in [2.45, 2.75) is 39.2 Å². The lowest BCUT2D eigenvalue weighted by Gasteiger charge is -2.10. The highest BCUT2D eigenvalue weighted by Gasteiger charge is 2.44. The molecular formula is C15H20O6. The number of Topliss-reactive ketones (excluding diaryl/α,β-unsaturated/α-hetero) is 1. The van der Waals surface area contributed by atoms with Gasteiger partial charge in [0.15, 0.2) is 11.7 Å². The Hall–Kier alpha value is -1.95. The number of rotatable bonds is 7. The first kappa shape index (κ1) is 17.1. The maximum Gasteiger partial charge on any atom is 0.332 e. The van der Waals surface area contributed by atoms with Gasteiger partial charge in [0.25, 0.3) is 0 Å². The number of carboxylic acids is 1. The van der Waals surface area contributed by atoms with Gasteiger partial charge in [0, 0.05) is 0 Å². The van der Waals surface area contributed by atoms with Crippen LogP contribution in [0.25, 0.3) is 0 Å². The van der Waals surface area contributed by atoms with Crippen molar-refractivity contribution >= 4 is 17.7 Å². The number of allylic oxidation sites excluding steroid dienone is 2. The van der Waals surface area contributed by atoms with E-state index in [1.165, 1.54) is 6.08 Å². The second kappa shape index (κ2) is 7.73. The molecule has 0 aromatic rings. The lowest BCUT2D eigenvalue weighted by atomic mass is 9.96. The van der Waals surface area contributed by atoms with E-state index in [9.17, 15) is 19.5 Å². The highest BCUT2D eigenvalue weighted by molar-refractivity contribution is 6.15. The molecule has 3 atom stereocenters. The van der Waals surface area contributed by atoms with Gasteiger partial charge in [-0.1, -0.05) is 38.8 Å². The number of cyclic esters (lactones) is 1. The highest BCUT2D eigenvalue weighted by Crippen LogP contribution is 2.24. The molecule has 2 N–H and O–H groups in total. The largest absolute Gasteiger partial charge is 0.478 e. The van der Waals surface area contributed by atoms with E-state index in [1.54, 1.807) is 6.08 Å². The van der Waals surface area contributed by atoms with Crippen molar-refractivity contribution in [1.82, 2.24) is 0 Å². The molecule has 0 aromatic heterocycles. The van der Waals surface area contributed by atoms with E-state index in [-0.39, 0.29) is 5.92 Å². The second-order valence-electron chi connectivity index (χ2n) is 5.10. The minimum absolute atomic E-state index is 0.223. The highest BCUT2D eigenvalue weighted by atomic mass is 16.6. The molecule has 6 heteroatoms. The Morgan fingerprint density at radius 3 is 2.62 bits per heavy atom. The van der Waals surface area contributed by atoms with E-state index in [0.29, 0.717) is 6.08 Å². The Balaban J connectivity index is 2.72. The van der Waals surface area contributed by atoms with Gasteiger partial charge in [-0.25, -0.2) is 4.79 Å². The molecular weight excluding hydrogens is 276 g/mol. The van der Waals surface area contributed by atoms with E-state index < -0.39 is 35.5 Å². The summed E-state index contributed by atoms with van der Waals surface area (Å²) < 4.78 is 4.59. The van der Waals surface area contributed by atoms with Gasteiger partial charge in [-0.2, -0.15) is 0 Å². The number of aliphatic hydroxyl groups is 1. The lowest BCUT2D eigenvalue weighted by molar-refractivity contribution is -0.141. The molecule has 1 aliphatic rings. The Bertz CT molecular complexity index is 477. The average molecular weight is 296 g/mol. The van der Waals surface area contributed by atoms with Crippen LogP contribution in [-0.4, -0.2) is 34.0 Å². The third kappa shape index (κ3) is 4.82. The van der Waals surface area contributed by atoms with Crippen LogP contribution in [0.1, 0.15) is 33.1 Å². The van der Waals surface area contributed by atoms with E-state index in [4.69, 9.17) is 5.11 Å². The molecule has 1 fully saturated rings. The van der Waals surface area contributed by atoms with Crippen LogP contribution >= 0.6 is 0 Å². The fourth-order valence-corrected chi connectivity index (χ4v) is 2.03. The zero-order valence-electron chi connectivity index (χ0n) is 12.1. The van der Waals surface area contributed by atoms with Crippen LogP contribution in [-0.2, 0) is 19.1 Å². The summed E-state index contributed by atoms with van der Waals surface area (Å²) >= 11 is 0. The summed E-state index contributed by atoms with van der Waals surface area (Å²) in [6.07, 6.45) is 5.43. The topological polar surface area (TPSA) is 101 Å². The van der Waals surface area contributed by atoms with Crippen molar-refractivity contribution in [1.29, 1.82) is 0 Å². The summed E-state index contributed by atoms with van der Waals surface area (Å²) in [4.78, 5) is 33.9. The minimum atomic E-state index is -1.38. The lowest BCUT2D eigenvalue weighted by Crippen LogP contribution is -2.28. The number of hydrogen-bond donors (Lipinski definition) is 2. The average Bonchev–Trinajstić information content (AvgIpc) is 2.67. The van der Waals surface area contributed by atoms with Crippen LogP contribution in [0.3, 0.4) is 0 Å². The van der Waals surface area contributed by atoms with Crippen molar-refractivity contribution in [3.63, 3.8) is 0 Å². The van der Waals surface area contributed by atoms with E-state index in [0.717, 1.165) is 19.3 Å². The van der Waals surface area contributed by atoms with Crippen molar-refractivity contribution in [2.24, 2.45) is 11.8 Å². The fourth-order valence-electron chi connectivity index (χ4n) is 2.03. The van der Waals surface area contributed by atoms with E-state index in [1.807, 2.05) is 6.92 Å². The van der Waals surface area contributed by atoms with Gasteiger partial charge in [-0.3, -0.25) is 9.59 Å². The van der Waals surface area contributed by atoms with Crippen LogP contribution < -0.4 is 0 Å². The number of ether oxygens (including phenoxy) is 1. The predicted octanol–water partition coefficient (Wildman–Crippen LogP) is 1.44. The number of aliphatic hydroxyl groups excluding tert-OH is 1. The number of carbonyl (C=O) groups excluding carboxylic acids is 2. The molecule has 0 saturated carbocycles. The summed E-state index contributed by atoms with van der Waals surface area (Å²) in [7, 11) is 0. The molecule has 116 valence electrons. The van der Waals surface area contributed by atoms with Gasteiger partial charge < -0.3 is 14.9 Å². The van der Waals surface area contributed by atoms with Crippen molar-refractivity contribution in [3.8, 4) is 0 Å². The molecule has 0 aromatic carbocycles.